The smallest absolute Gasteiger partial charge is 0.251 e. The van der Waals surface area contributed by atoms with Crippen molar-refractivity contribution in [2.45, 2.75) is 53.1 Å². The summed E-state index contributed by atoms with van der Waals surface area (Å²) in [6.07, 6.45) is 0. The van der Waals surface area contributed by atoms with E-state index in [2.05, 4.69) is 48.6 Å². The Morgan fingerprint density at radius 1 is 0.938 bits per heavy atom. The van der Waals surface area contributed by atoms with Gasteiger partial charge in [0.15, 0.2) is 0 Å². The van der Waals surface area contributed by atoms with Crippen LogP contribution in [0.1, 0.15) is 59.2 Å². The molecule has 3 rings (SSSR count). The van der Waals surface area contributed by atoms with Crippen LogP contribution in [0.4, 0.5) is 0 Å². The van der Waals surface area contributed by atoms with Crippen LogP contribution < -0.4 is 10.6 Å². The highest BCUT2D eigenvalue weighted by atomic mass is 16.2. The molecule has 0 saturated heterocycles. The quantitative estimate of drug-likeness (QED) is 0.595. The van der Waals surface area contributed by atoms with E-state index < -0.39 is 0 Å². The molecule has 0 aliphatic rings. The Morgan fingerprint density at radius 2 is 1.59 bits per heavy atom. The molecule has 6 nitrogen and oxygen atoms in total. The van der Waals surface area contributed by atoms with Crippen molar-refractivity contribution in [3.05, 3.63) is 88.2 Å². The second kappa shape index (κ2) is 9.81. The summed E-state index contributed by atoms with van der Waals surface area (Å²) in [6.45, 7) is 11.3. The summed E-state index contributed by atoms with van der Waals surface area (Å²) < 4.78 is 1.95. The molecule has 1 aromatic heterocycles. The molecule has 0 aliphatic heterocycles. The zero-order chi connectivity index (χ0) is 23.3. The average Bonchev–Trinajstić information content (AvgIpc) is 3.03. The van der Waals surface area contributed by atoms with Gasteiger partial charge in [0.2, 0.25) is 5.91 Å². The van der Waals surface area contributed by atoms with Gasteiger partial charge in [-0.25, -0.2) is 0 Å². The van der Waals surface area contributed by atoms with Gasteiger partial charge in [0, 0.05) is 23.4 Å². The first-order valence-corrected chi connectivity index (χ1v) is 10.9. The predicted octanol–water partition coefficient (Wildman–Crippen LogP) is 3.89. The van der Waals surface area contributed by atoms with Crippen LogP contribution in [0.5, 0.6) is 0 Å². The maximum Gasteiger partial charge on any atom is 0.251 e. The Bertz CT molecular complexity index is 1080. The molecular formula is C26H32N4O2. The number of nitrogens with zero attached hydrogens (tertiary/aromatic N) is 2. The summed E-state index contributed by atoms with van der Waals surface area (Å²) in [5.74, 6) is -0.497. The third-order valence-electron chi connectivity index (χ3n) is 5.59. The fourth-order valence-corrected chi connectivity index (χ4v) is 3.53. The molecule has 0 atom stereocenters. The van der Waals surface area contributed by atoms with Gasteiger partial charge < -0.3 is 10.6 Å². The van der Waals surface area contributed by atoms with E-state index in [4.69, 9.17) is 0 Å². The van der Waals surface area contributed by atoms with E-state index >= 15 is 0 Å². The van der Waals surface area contributed by atoms with Crippen molar-refractivity contribution in [3.8, 4) is 0 Å². The molecule has 168 valence electrons. The fraction of sp³-hybridized carbons (Fsp3) is 0.346. The maximum absolute atomic E-state index is 12.4. The van der Waals surface area contributed by atoms with Gasteiger partial charge >= 0.3 is 0 Å². The fourth-order valence-electron chi connectivity index (χ4n) is 3.53. The minimum atomic E-state index is -0.261. The first-order valence-electron chi connectivity index (χ1n) is 10.9. The minimum Gasteiger partial charge on any atom is -0.350 e. The molecule has 0 saturated carbocycles. The lowest BCUT2D eigenvalue weighted by Crippen LogP contribution is -2.36. The summed E-state index contributed by atoms with van der Waals surface area (Å²) in [4.78, 5) is 24.7. The molecule has 0 radical (unpaired) electrons. The van der Waals surface area contributed by atoms with Crippen molar-refractivity contribution in [2.75, 3.05) is 6.54 Å². The number of benzene rings is 2. The Morgan fingerprint density at radius 3 is 2.22 bits per heavy atom. The zero-order valence-corrected chi connectivity index (χ0v) is 19.5. The number of aromatic nitrogens is 2. The highest BCUT2D eigenvalue weighted by Crippen LogP contribution is 2.22. The molecule has 1 heterocycles. The largest absolute Gasteiger partial charge is 0.350 e. The Labute approximate surface area is 190 Å². The van der Waals surface area contributed by atoms with E-state index in [1.807, 2.05) is 48.9 Å². The van der Waals surface area contributed by atoms with Crippen LogP contribution >= 0.6 is 0 Å². The lowest BCUT2D eigenvalue weighted by atomic mass is 9.87. The standard InChI is InChI=1S/C26H32N4O2/c1-18-23(19(2)30(29-18)17-20-9-7-6-8-10-20)15-27-24(31)16-28-25(32)21-11-13-22(14-12-21)26(3,4)5/h6-14H,15-17H2,1-5H3,(H,27,31)(H,28,32). The SMILES string of the molecule is Cc1nn(Cc2ccccc2)c(C)c1CNC(=O)CNC(=O)c1ccc(C(C)(C)C)cc1. The van der Waals surface area contributed by atoms with Crippen LogP contribution in [0.15, 0.2) is 54.6 Å². The third-order valence-corrected chi connectivity index (χ3v) is 5.59. The summed E-state index contributed by atoms with van der Waals surface area (Å²) in [7, 11) is 0. The van der Waals surface area contributed by atoms with Crippen LogP contribution in [0.3, 0.4) is 0 Å². The van der Waals surface area contributed by atoms with Gasteiger partial charge in [0.05, 0.1) is 18.8 Å². The average molecular weight is 433 g/mol. The molecule has 2 aromatic carbocycles. The number of carbonyl (C=O) groups excluding carboxylic acids is 2. The van der Waals surface area contributed by atoms with E-state index in [0.717, 1.165) is 22.5 Å². The number of nitrogens with one attached hydrogen (secondary N) is 2. The van der Waals surface area contributed by atoms with Crippen LogP contribution in [-0.4, -0.2) is 28.1 Å². The summed E-state index contributed by atoms with van der Waals surface area (Å²) >= 11 is 0. The molecule has 3 aromatic rings. The third kappa shape index (κ3) is 5.84. The molecule has 0 unspecified atom stereocenters. The van der Waals surface area contributed by atoms with Gasteiger partial charge in [-0.2, -0.15) is 5.10 Å². The molecule has 0 spiro atoms. The summed E-state index contributed by atoms with van der Waals surface area (Å²) in [6, 6.07) is 17.6. The van der Waals surface area contributed by atoms with Crippen molar-refractivity contribution >= 4 is 11.8 Å². The van der Waals surface area contributed by atoms with Crippen molar-refractivity contribution in [2.24, 2.45) is 0 Å². The number of amides is 2. The molecular weight excluding hydrogens is 400 g/mol. The maximum atomic E-state index is 12.4. The Kier molecular flexibility index (Phi) is 7.13. The number of rotatable bonds is 7. The lowest BCUT2D eigenvalue weighted by Gasteiger charge is -2.19. The van der Waals surface area contributed by atoms with E-state index in [0.29, 0.717) is 18.7 Å². The van der Waals surface area contributed by atoms with E-state index in [1.54, 1.807) is 12.1 Å². The molecule has 0 aliphatic carbocycles. The monoisotopic (exact) mass is 432 g/mol. The Hall–Kier alpha value is -3.41. The van der Waals surface area contributed by atoms with Gasteiger partial charge in [-0.1, -0.05) is 63.2 Å². The molecule has 32 heavy (non-hydrogen) atoms. The molecule has 2 amide bonds. The number of aryl methyl sites for hydroxylation is 1. The van der Waals surface area contributed by atoms with Crippen molar-refractivity contribution in [3.63, 3.8) is 0 Å². The summed E-state index contributed by atoms with van der Waals surface area (Å²) in [5, 5.41) is 10.2. The van der Waals surface area contributed by atoms with E-state index in [1.165, 1.54) is 5.56 Å². The second-order valence-electron chi connectivity index (χ2n) is 9.08. The van der Waals surface area contributed by atoms with Gasteiger partial charge in [0.25, 0.3) is 5.91 Å². The molecule has 0 fully saturated rings. The van der Waals surface area contributed by atoms with Crippen molar-refractivity contribution in [1.82, 2.24) is 20.4 Å². The van der Waals surface area contributed by atoms with Crippen LogP contribution in [0.2, 0.25) is 0 Å². The minimum absolute atomic E-state index is 0.0278. The van der Waals surface area contributed by atoms with E-state index in [9.17, 15) is 9.59 Å². The molecule has 2 N–H and O–H groups in total. The number of hydrogen-bond acceptors (Lipinski definition) is 3. The molecule has 0 bridgehead atoms. The highest BCUT2D eigenvalue weighted by molar-refractivity contribution is 5.96. The van der Waals surface area contributed by atoms with Crippen molar-refractivity contribution in [1.29, 1.82) is 0 Å². The first kappa shape index (κ1) is 23.3. The number of hydrogen-bond donors (Lipinski definition) is 2. The topological polar surface area (TPSA) is 76.0 Å². The van der Waals surface area contributed by atoms with Gasteiger partial charge in [0.1, 0.15) is 0 Å². The van der Waals surface area contributed by atoms with Gasteiger partial charge in [-0.15, -0.1) is 0 Å². The van der Waals surface area contributed by atoms with Crippen LogP contribution in [0, 0.1) is 13.8 Å². The first-order chi connectivity index (χ1) is 15.1. The predicted molar refractivity (Wildman–Crippen MR) is 127 cm³/mol. The van der Waals surface area contributed by atoms with Gasteiger partial charge in [-0.3, -0.25) is 14.3 Å². The summed E-state index contributed by atoms with van der Waals surface area (Å²) in [5.41, 5.74) is 5.81. The normalized spacial score (nSPS) is 11.3. The highest BCUT2D eigenvalue weighted by Gasteiger charge is 2.16. The zero-order valence-electron chi connectivity index (χ0n) is 19.5. The molecule has 6 heteroatoms. The Balaban J connectivity index is 1.52. The second-order valence-corrected chi connectivity index (χ2v) is 9.08. The van der Waals surface area contributed by atoms with Crippen LogP contribution in [0.25, 0.3) is 0 Å². The number of carbonyl (C=O) groups is 2. The lowest BCUT2D eigenvalue weighted by molar-refractivity contribution is -0.120. The van der Waals surface area contributed by atoms with E-state index in [-0.39, 0.29) is 23.8 Å². The van der Waals surface area contributed by atoms with Crippen LogP contribution in [-0.2, 0) is 23.3 Å². The van der Waals surface area contributed by atoms with Crippen molar-refractivity contribution < 1.29 is 9.59 Å². The van der Waals surface area contributed by atoms with Gasteiger partial charge in [-0.05, 0) is 42.5 Å².